The van der Waals surface area contributed by atoms with Gasteiger partial charge in [-0.15, -0.1) is 0 Å². The van der Waals surface area contributed by atoms with Crippen LogP contribution in [-0.4, -0.2) is 12.3 Å². The SMILES string of the molecule is CC1CC2N=CC=C(c3ccccc3)C2C1. The Balaban J connectivity index is 1.96. The summed E-state index contributed by atoms with van der Waals surface area (Å²) < 4.78 is 0. The van der Waals surface area contributed by atoms with Crippen molar-refractivity contribution in [3.63, 3.8) is 0 Å². The van der Waals surface area contributed by atoms with Gasteiger partial charge in [0.15, 0.2) is 0 Å². The Bertz CT molecular complexity index is 430. The van der Waals surface area contributed by atoms with E-state index >= 15 is 0 Å². The molecular formula is C15H17N. The Kier molecular flexibility index (Phi) is 2.39. The highest BCUT2D eigenvalue weighted by Gasteiger charge is 2.35. The molecule has 3 unspecified atom stereocenters. The summed E-state index contributed by atoms with van der Waals surface area (Å²) in [4.78, 5) is 4.62. The van der Waals surface area contributed by atoms with E-state index in [9.17, 15) is 0 Å². The first-order valence-corrected chi connectivity index (χ1v) is 6.13. The van der Waals surface area contributed by atoms with Crippen molar-refractivity contribution < 1.29 is 0 Å². The molecule has 0 bridgehead atoms. The summed E-state index contributed by atoms with van der Waals surface area (Å²) in [5.41, 5.74) is 2.86. The molecule has 0 amide bonds. The smallest absolute Gasteiger partial charge is 0.0570 e. The third-order valence-corrected chi connectivity index (χ3v) is 3.80. The van der Waals surface area contributed by atoms with Crippen molar-refractivity contribution in [2.45, 2.75) is 25.8 Å². The predicted octanol–water partition coefficient (Wildman–Crippen LogP) is 3.57. The fourth-order valence-corrected chi connectivity index (χ4v) is 3.06. The average Bonchev–Trinajstić information content (AvgIpc) is 2.70. The van der Waals surface area contributed by atoms with Crippen LogP contribution in [0.5, 0.6) is 0 Å². The fraction of sp³-hybridized carbons (Fsp3) is 0.400. The van der Waals surface area contributed by atoms with Gasteiger partial charge in [-0.05, 0) is 36.0 Å². The summed E-state index contributed by atoms with van der Waals surface area (Å²) in [5.74, 6) is 1.47. The van der Waals surface area contributed by atoms with E-state index in [0.717, 1.165) is 5.92 Å². The Morgan fingerprint density at radius 3 is 2.75 bits per heavy atom. The first-order chi connectivity index (χ1) is 7.84. The van der Waals surface area contributed by atoms with Crippen LogP contribution >= 0.6 is 0 Å². The molecule has 1 aromatic carbocycles. The molecule has 0 aromatic heterocycles. The zero-order chi connectivity index (χ0) is 11.0. The maximum absolute atomic E-state index is 4.62. The Morgan fingerprint density at radius 1 is 1.12 bits per heavy atom. The number of allylic oxidation sites excluding steroid dienone is 1. The van der Waals surface area contributed by atoms with Crippen molar-refractivity contribution in [2.75, 3.05) is 0 Å². The summed E-state index contributed by atoms with van der Waals surface area (Å²) in [5, 5.41) is 0. The van der Waals surface area contributed by atoms with Crippen molar-refractivity contribution in [3.05, 3.63) is 42.0 Å². The number of nitrogens with zero attached hydrogens (tertiary/aromatic N) is 1. The molecule has 1 nitrogen and oxygen atoms in total. The van der Waals surface area contributed by atoms with Crippen LogP contribution in [0.15, 0.2) is 41.4 Å². The molecule has 16 heavy (non-hydrogen) atoms. The summed E-state index contributed by atoms with van der Waals surface area (Å²) in [6, 6.07) is 11.3. The molecule has 3 rings (SSSR count). The van der Waals surface area contributed by atoms with Gasteiger partial charge >= 0.3 is 0 Å². The molecule has 1 aliphatic carbocycles. The second-order valence-electron chi connectivity index (χ2n) is 5.04. The first-order valence-electron chi connectivity index (χ1n) is 6.13. The average molecular weight is 211 g/mol. The van der Waals surface area contributed by atoms with Gasteiger partial charge in [-0.25, -0.2) is 0 Å². The minimum Gasteiger partial charge on any atom is -0.289 e. The predicted molar refractivity (Wildman–Crippen MR) is 68.6 cm³/mol. The highest BCUT2D eigenvalue weighted by molar-refractivity contribution is 5.87. The van der Waals surface area contributed by atoms with Crippen molar-refractivity contribution in [1.82, 2.24) is 0 Å². The molecule has 1 saturated carbocycles. The maximum Gasteiger partial charge on any atom is 0.0570 e. The molecule has 1 heteroatoms. The van der Waals surface area contributed by atoms with Gasteiger partial charge in [-0.3, -0.25) is 4.99 Å². The number of hydrogen-bond donors (Lipinski definition) is 0. The molecule has 1 fully saturated rings. The molecule has 1 heterocycles. The number of benzene rings is 1. The largest absolute Gasteiger partial charge is 0.289 e. The third kappa shape index (κ3) is 1.60. The monoisotopic (exact) mass is 211 g/mol. The summed E-state index contributed by atoms with van der Waals surface area (Å²) >= 11 is 0. The number of rotatable bonds is 1. The van der Waals surface area contributed by atoms with Gasteiger partial charge in [0.05, 0.1) is 6.04 Å². The van der Waals surface area contributed by atoms with E-state index in [0.29, 0.717) is 12.0 Å². The van der Waals surface area contributed by atoms with Gasteiger partial charge in [-0.1, -0.05) is 37.3 Å². The standard InChI is InChI=1S/C15H17N/c1-11-9-14-13(7-8-16-15(14)10-11)12-5-3-2-4-6-12/h2-8,11,14-15H,9-10H2,1H3. The molecule has 0 N–H and O–H groups in total. The Labute approximate surface area is 96.9 Å². The second-order valence-corrected chi connectivity index (χ2v) is 5.04. The van der Waals surface area contributed by atoms with Crippen LogP contribution in [0.1, 0.15) is 25.3 Å². The van der Waals surface area contributed by atoms with E-state index in [1.807, 2.05) is 6.21 Å². The fourth-order valence-electron chi connectivity index (χ4n) is 3.06. The van der Waals surface area contributed by atoms with Crippen LogP contribution in [0.2, 0.25) is 0 Å². The second kappa shape index (κ2) is 3.89. The van der Waals surface area contributed by atoms with E-state index < -0.39 is 0 Å². The van der Waals surface area contributed by atoms with Gasteiger partial charge in [0.1, 0.15) is 0 Å². The van der Waals surface area contributed by atoms with Crippen LogP contribution in [0, 0.1) is 11.8 Å². The lowest BCUT2D eigenvalue weighted by molar-refractivity contribution is 0.591. The molecule has 1 aliphatic heterocycles. The van der Waals surface area contributed by atoms with Gasteiger partial charge in [0.2, 0.25) is 0 Å². The lowest BCUT2D eigenvalue weighted by Crippen LogP contribution is -2.16. The lowest BCUT2D eigenvalue weighted by atomic mass is 9.87. The molecule has 0 radical (unpaired) electrons. The number of aliphatic imine (C=N–C) groups is 1. The molecule has 0 saturated heterocycles. The van der Waals surface area contributed by atoms with Crippen molar-refractivity contribution in [2.24, 2.45) is 16.8 Å². The van der Waals surface area contributed by atoms with E-state index in [4.69, 9.17) is 0 Å². The number of dihydropyridines is 1. The van der Waals surface area contributed by atoms with E-state index in [1.165, 1.54) is 24.0 Å². The van der Waals surface area contributed by atoms with Crippen LogP contribution in [0.3, 0.4) is 0 Å². The van der Waals surface area contributed by atoms with Gasteiger partial charge < -0.3 is 0 Å². The molecule has 0 spiro atoms. The van der Waals surface area contributed by atoms with Crippen molar-refractivity contribution in [3.8, 4) is 0 Å². The van der Waals surface area contributed by atoms with Crippen LogP contribution < -0.4 is 0 Å². The lowest BCUT2D eigenvalue weighted by Gasteiger charge is -2.22. The van der Waals surface area contributed by atoms with E-state index in [1.54, 1.807) is 0 Å². The highest BCUT2D eigenvalue weighted by Crippen LogP contribution is 2.42. The first kappa shape index (κ1) is 9.83. The third-order valence-electron chi connectivity index (χ3n) is 3.80. The maximum atomic E-state index is 4.62. The Hall–Kier alpha value is -1.37. The van der Waals surface area contributed by atoms with Gasteiger partial charge in [0, 0.05) is 12.1 Å². The minimum atomic E-state index is 0.537. The van der Waals surface area contributed by atoms with Crippen LogP contribution in [-0.2, 0) is 0 Å². The summed E-state index contributed by atoms with van der Waals surface area (Å²) in [7, 11) is 0. The number of hydrogen-bond acceptors (Lipinski definition) is 1. The molecule has 3 atom stereocenters. The summed E-state index contributed by atoms with van der Waals surface area (Å²) in [6.07, 6.45) is 6.75. The van der Waals surface area contributed by atoms with E-state index in [2.05, 4.69) is 48.3 Å². The topological polar surface area (TPSA) is 12.4 Å². The van der Waals surface area contributed by atoms with Gasteiger partial charge in [-0.2, -0.15) is 0 Å². The normalized spacial score (nSPS) is 32.3. The van der Waals surface area contributed by atoms with Crippen LogP contribution in [0.25, 0.3) is 5.57 Å². The highest BCUT2D eigenvalue weighted by atomic mass is 14.8. The molecular weight excluding hydrogens is 194 g/mol. The van der Waals surface area contributed by atoms with Crippen LogP contribution in [0.4, 0.5) is 0 Å². The minimum absolute atomic E-state index is 0.537. The molecule has 82 valence electrons. The van der Waals surface area contributed by atoms with Crippen molar-refractivity contribution in [1.29, 1.82) is 0 Å². The zero-order valence-corrected chi connectivity index (χ0v) is 9.63. The zero-order valence-electron chi connectivity index (χ0n) is 9.63. The Morgan fingerprint density at radius 2 is 1.94 bits per heavy atom. The summed E-state index contributed by atoms with van der Waals surface area (Å²) in [6.45, 7) is 2.34. The number of fused-ring (bicyclic) bond motifs is 1. The van der Waals surface area contributed by atoms with E-state index in [-0.39, 0.29) is 0 Å². The van der Waals surface area contributed by atoms with Gasteiger partial charge in [0.25, 0.3) is 0 Å². The quantitative estimate of drug-likeness (QED) is 0.673. The molecule has 2 aliphatic rings. The molecule has 1 aromatic rings. The van der Waals surface area contributed by atoms with Crippen molar-refractivity contribution >= 4 is 11.8 Å².